The molecule has 0 aromatic heterocycles. The first-order valence-corrected chi connectivity index (χ1v) is 11.1. The van der Waals surface area contributed by atoms with E-state index in [1.807, 2.05) is 6.92 Å². The maximum Gasteiger partial charge on any atom is 0.275 e. The minimum atomic E-state index is -3.74. The van der Waals surface area contributed by atoms with Crippen LogP contribution in [-0.4, -0.2) is 57.4 Å². The lowest BCUT2D eigenvalue weighted by atomic mass is 10.2. The molecule has 0 spiro atoms. The van der Waals surface area contributed by atoms with Crippen molar-refractivity contribution in [1.29, 1.82) is 0 Å². The molecular weight excluding hydrogens is 397 g/mol. The van der Waals surface area contributed by atoms with Gasteiger partial charge < -0.3 is 10.2 Å². The van der Waals surface area contributed by atoms with Crippen molar-refractivity contribution in [2.45, 2.75) is 30.7 Å². The zero-order chi connectivity index (χ0) is 18.9. The predicted octanol–water partition coefficient (Wildman–Crippen LogP) is 0.797. The van der Waals surface area contributed by atoms with Gasteiger partial charge in [-0.2, -0.15) is 4.31 Å². The van der Waals surface area contributed by atoms with Crippen LogP contribution < -0.4 is 10.2 Å². The molecule has 0 radical (unpaired) electrons. The van der Waals surface area contributed by atoms with Gasteiger partial charge in [0.15, 0.2) is 6.54 Å². The standard InChI is InChI=1S/C17H23Cl2N3O3S/c1-12(13-5-6-13)20-16(23)11-21-7-9-22(10-8-21)26(24,25)17-14(18)3-2-4-15(17)19/h2-4,12-13H,5-11H2,1H3,(H,20,23)/p+1/t12-/m0/s1. The van der Waals surface area contributed by atoms with E-state index in [-0.39, 0.29) is 26.9 Å². The summed E-state index contributed by atoms with van der Waals surface area (Å²) in [5.74, 6) is 0.654. The summed E-state index contributed by atoms with van der Waals surface area (Å²) in [6, 6.07) is 4.89. The third kappa shape index (κ3) is 4.51. The molecule has 6 nitrogen and oxygen atoms in total. The van der Waals surface area contributed by atoms with Crippen LogP contribution in [0.15, 0.2) is 23.1 Å². The molecule has 1 saturated heterocycles. The van der Waals surface area contributed by atoms with Crippen molar-refractivity contribution in [2.75, 3.05) is 32.7 Å². The highest BCUT2D eigenvalue weighted by Crippen LogP contribution is 2.32. The smallest absolute Gasteiger partial charge is 0.275 e. The Hall–Kier alpha value is -0.860. The quantitative estimate of drug-likeness (QED) is 0.714. The average Bonchev–Trinajstić information content (AvgIpc) is 3.39. The SMILES string of the molecule is C[C@H](NC(=O)C[NH+]1CCN(S(=O)(=O)c2c(Cl)cccc2Cl)CC1)C1CC1. The van der Waals surface area contributed by atoms with Crippen molar-refractivity contribution >= 4 is 39.1 Å². The number of sulfonamides is 1. The van der Waals surface area contributed by atoms with E-state index in [4.69, 9.17) is 23.2 Å². The van der Waals surface area contributed by atoms with Gasteiger partial charge in [0, 0.05) is 6.04 Å². The molecule has 2 N–H and O–H groups in total. The van der Waals surface area contributed by atoms with Gasteiger partial charge in [0.25, 0.3) is 5.91 Å². The number of benzene rings is 1. The fraction of sp³-hybridized carbons (Fsp3) is 0.588. The van der Waals surface area contributed by atoms with Crippen LogP contribution in [0.5, 0.6) is 0 Å². The number of carbonyl (C=O) groups is 1. The third-order valence-corrected chi connectivity index (χ3v) is 7.93. The fourth-order valence-electron chi connectivity index (χ4n) is 3.32. The molecule has 1 aliphatic carbocycles. The van der Waals surface area contributed by atoms with Gasteiger partial charge in [-0.3, -0.25) is 4.79 Å². The molecule has 3 rings (SSSR count). The molecule has 2 aliphatic rings. The molecule has 1 aromatic rings. The minimum absolute atomic E-state index is 0.0323. The van der Waals surface area contributed by atoms with E-state index in [9.17, 15) is 13.2 Å². The number of halogens is 2. The first-order valence-electron chi connectivity index (χ1n) is 8.86. The maximum absolute atomic E-state index is 12.9. The molecule has 1 atom stereocenters. The first kappa shape index (κ1) is 19.9. The van der Waals surface area contributed by atoms with Gasteiger partial charge in [0.2, 0.25) is 10.0 Å². The molecular formula is C17H24Cl2N3O3S+. The largest absolute Gasteiger partial charge is 0.348 e. The number of nitrogens with zero attached hydrogens (tertiary/aromatic N) is 1. The summed E-state index contributed by atoms with van der Waals surface area (Å²) in [5.41, 5.74) is 0. The second-order valence-electron chi connectivity index (χ2n) is 7.08. The van der Waals surface area contributed by atoms with Crippen LogP contribution >= 0.6 is 23.2 Å². The highest BCUT2D eigenvalue weighted by Gasteiger charge is 2.34. The molecule has 1 saturated carbocycles. The topological polar surface area (TPSA) is 70.9 Å². The lowest BCUT2D eigenvalue weighted by Gasteiger charge is -2.31. The molecule has 26 heavy (non-hydrogen) atoms. The Bertz CT molecular complexity index is 755. The summed E-state index contributed by atoms with van der Waals surface area (Å²) in [7, 11) is -3.74. The Morgan fingerprint density at radius 1 is 1.27 bits per heavy atom. The number of hydrogen-bond donors (Lipinski definition) is 2. The fourth-order valence-corrected chi connectivity index (χ4v) is 5.86. The number of piperazine rings is 1. The summed E-state index contributed by atoms with van der Waals surface area (Å²) in [6.45, 7) is 4.25. The van der Waals surface area contributed by atoms with Crippen molar-refractivity contribution in [3.63, 3.8) is 0 Å². The number of hydrogen-bond acceptors (Lipinski definition) is 3. The van der Waals surface area contributed by atoms with E-state index >= 15 is 0 Å². The second-order valence-corrected chi connectivity index (χ2v) is 9.76. The molecule has 1 amide bonds. The molecule has 1 aromatic carbocycles. The number of carbonyl (C=O) groups excluding carboxylic acids is 1. The van der Waals surface area contributed by atoms with E-state index in [0.29, 0.717) is 38.6 Å². The number of amides is 1. The second kappa shape index (κ2) is 8.02. The van der Waals surface area contributed by atoms with Gasteiger partial charge in [0.1, 0.15) is 4.90 Å². The Labute approximate surface area is 164 Å². The molecule has 144 valence electrons. The van der Waals surface area contributed by atoms with Crippen LogP contribution in [0.1, 0.15) is 19.8 Å². The zero-order valence-electron chi connectivity index (χ0n) is 14.7. The Kier molecular flexibility index (Phi) is 6.14. The molecule has 1 aliphatic heterocycles. The number of quaternary nitrogens is 1. The van der Waals surface area contributed by atoms with Crippen molar-refractivity contribution in [1.82, 2.24) is 9.62 Å². The molecule has 1 heterocycles. The Balaban J connectivity index is 1.57. The van der Waals surface area contributed by atoms with Crippen molar-refractivity contribution < 1.29 is 18.1 Å². The van der Waals surface area contributed by atoms with E-state index in [0.717, 1.165) is 4.90 Å². The summed E-state index contributed by atoms with van der Waals surface area (Å²) in [4.78, 5) is 13.2. The minimum Gasteiger partial charge on any atom is -0.348 e. The zero-order valence-corrected chi connectivity index (χ0v) is 17.0. The van der Waals surface area contributed by atoms with Crippen LogP contribution in [0, 0.1) is 5.92 Å². The number of nitrogens with one attached hydrogen (secondary N) is 2. The van der Waals surface area contributed by atoms with Crippen molar-refractivity contribution in [3.05, 3.63) is 28.2 Å². The lowest BCUT2D eigenvalue weighted by molar-refractivity contribution is -0.895. The molecule has 0 bridgehead atoms. The van der Waals surface area contributed by atoms with E-state index in [1.54, 1.807) is 6.07 Å². The van der Waals surface area contributed by atoms with Crippen LogP contribution in [0.3, 0.4) is 0 Å². The van der Waals surface area contributed by atoms with Crippen LogP contribution in [0.4, 0.5) is 0 Å². The summed E-state index contributed by atoms with van der Waals surface area (Å²) in [5, 5.41) is 3.30. The van der Waals surface area contributed by atoms with Crippen LogP contribution in [0.2, 0.25) is 10.0 Å². The average molecular weight is 421 g/mol. The highest BCUT2D eigenvalue weighted by atomic mass is 35.5. The van der Waals surface area contributed by atoms with E-state index < -0.39 is 10.0 Å². The van der Waals surface area contributed by atoms with Crippen molar-refractivity contribution in [2.24, 2.45) is 5.92 Å². The molecule has 0 unspecified atom stereocenters. The monoisotopic (exact) mass is 420 g/mol. The van der Waals surface area contributed by atoms with Crippen molar-refractivity contribution in [3.8, 4) is 0 Å². The Morgan fingerprint density at radius 3 is 2.38 bits per heavy atom. The van der Waals surface area contributed by atoms with Crippen LogP contribution in [0.25, 0.3) is 0 Å². The predicted molar refractivity (Wildman–Crippen MR) is 101 cm³/mol. The summed E-state index contributed by atoms with van der Waals surface area (Å²) >= 11 is 12.1. The summed E-state index contributed by atoms with van der Waals surface area (Å²) < 4.78 is 27.1. The molecule has 2 fully saturated rings. The third-order valence-electron chi connectivity index (χ3n) is 5.07. The van der Waals surface area contributed by atoms with Gasteiger partial charge in [-0.1, -0.05) is 29.3 Å². The normalized spacial score (nSPS) is 20.7. The molecule has 9 heteroatoms. The Morgan fingerprint density at radius 2 is 1.85 bits per heavy atom. The van der Waals surface area contributed by atoms with Gasteiger partial charge >= 0.3 is 0 Å². The van der Waals surface area contributed by atoms with Crippen LogP contribution in [-0.2, 0) is 14.8 Å². The maximum atomic E-state index is 12.9. The number of rotatable bonds is 6. The van der Waals surface area contributed by atoms with Gasteiger partial charge in [-0.25, -0.2) is 8.42 Å². The summed E-state index contributed by atoms with van der Waals surface area (Å²) in [6.07, 6.45) is 2.38. The van der Waals surface area contributed by atoms with E-state index in [1.165, 1.54) is 29.3 Å². The van der Waals surface area contributed by atoms with Gasteiger partial charge in [-0.15, -0.1) is 0 Å². The van der Waals surface area contributed by atoms with Gasteiger partial charge in [0.05, 0.1) is 36.2 Å². The lowest BCUT2D eigenvalue weighted by Crippen LogP contribution is -3.15. The van der Waals surface area contributed by atoms with E-state index in [2.05, 4.69) is 5.32 Å². The highest BCUT2D eigenvalue weighted by molar-refractivity contribution is 7.89. The first-order chi connectivity index (χ1) is 12.3. The van der Waals surface area contributed by atoms with Gasteiger partial charge in [-0.05, 0) is 37.8 Å².